The number of allylic oxidation sites excluding steroid dienone is 1. The second-order valence-electron chi connectivity index (χ2n) is 5.52. The Labute approximate surface area is 137 Å². The van der Waals surface area contributed by atoms with Crippen LogP contribution >= 0.6 is 8.25 Å². The van der Waals surface area contributed by atoms with Gasteiger partial charge in [-0.1, -0.05) is 0 Å². The molecular weight excluding hydrogens is 460 g/mol. The summed E-state index contributed by atoms with van der Waals surface area (Å²) in [5, 5.41) is 0. The number of ether oxygens (including phenoxy) is 2. The van der Waals surface area contributed by atoms with Crippen LogP contribution in [0, 0.1) is 5.92 Å². The third kappa shape index (κ3) is 5.14. The second-order valence-corrected chi connectivity index (χ2v) is 12.5. The van der Waals surface area contributed by atoms with Gasteiger partial charge in [-0.2, -0.15) is 0 Å². The van der Waals surface area contributed by atoms with Gasteiger partial charge in [-0.15, -0.1) is 0 Å². The van der Waals surface area contributed by atoms with E-state index in [4.69, 9.17) is 17.7 Å². The summed E-state index contributed by atoms with van der Waals surface area (Å²) in [4.78, 5) is 0. The van der Waals surface area contributed by atoms with Gasteiger partial charge in [0.25, 0.3) is 0 Å². The van der Waals surface area contributed by atoms with Gasteiger partial charge in [-0.05, 0) is 0 Å². The summed E-state index contributed by atoms with van der Waals surface area (Å²) < 4.78 is 13.2. The van der Waals surface area contributed by atoms with Crippen LogP contribution in [0.15, 0.2) is 42.5 Å². The number of rotatable bonds is 5. The maximum atomic E-state index is 6.09. The predicted octanol–water partition coefficient (Wildman–Crippen LogP) is 4.73. The first kappa shape index (κ1) is 16.5. The zero-order valence-electron chi connectivity index (χ0n) is 12.2. The van der Waals surface area contributed by atoms with Gasteiger partial charge in [0.05, 0.1) is 0 Å². The average molecular weight is 481 g/mol. The summed E-state index contributed by atoms with van der Waals surface area (Å²) in [6.07, 6.45) is 5.46. The molecule has 1 aliphatic heterocycles. The molecule has 1 fully saturated rings. The molecule has 2 rings (SSSR count). The monoisotopic (exact) mass is 482 g/mol. The molecule has 0 amide bonds. The first-order chi connectivity index (χ1) is 9.69. The Morgan fingerprint density at radius 2 is 2.05 bits per heavy atom. The van der Waals surface area contributed by atoms with Crippen LogP contribution in [0.2, 0.25) is 3.93 Å². The maximum absolute atomic E-state index is 6.09. The molecule has 0 N–H and O–H groups in total. The Morgan fingerprint density at radius 3 is 2.70 bits per heavy atom. The van der Waals surface area contributed by atoms with Crippen molar-refractivity contribution in [3.63, 3.8) is 0 Å². The van der Waals surface area contributed by atoms with Crippen molar-refractivity contribution in [1.82, 2.24) is 0 Å². The van der Waals surface area contributed by atoms with E-state index >= 15 is 0 Å². The van der Waals surface area contributed by atoms with Crippen molar-refractivity contribution in [2.75, 3.05) is 0 Å². The number of hydrogen-bond donors (Lipinski definition) is 0. The minimum atomic E-state index is -1.20. The number of halogens is 1. The van der Waals surface area contributed by atoms with E-state index < -0.39 is 23.3 Å². The molecule has 0 aromatic heterocycles. The zero-order valence-corrected chi connectivity index (χ0v) is 18.4. The fourth-order valence-electron chi connectivity index (χ4n) is 2.28. The fourth-order valence-corrected chi connectivity index (χ4v) is 6.81. The molecule has 0 spiro atoms. The van der Waals surface area contributed by atoms with Gasteiger partial charge in [0.2, 0.25) is 0 Å². The molecule has 0 bridgehead atoms. The standard InChI is InChI=1S/C16H21O2.ClH.Hg/c1-12(2)9-10-15-11-13(3)17-16(18-15)14-7-5-4-6-8-14;;/h4-10,12-13,15-16H,3,11H2,1-2H3;1H;/q;;+1/p-1/b10-9+;;/t13-,15+,16?;;/m1../s1. The first-order valence-electron chi connectivity index (χ1n) is 7.29. The molecule has 0 radical (unpaired) electrons. The first-order valence-corrected chi connectivity index (χ1v) is 17.9. The molecule has 1 saturated heterocycles. The van der Waals surface area contributed by atoms with Crippen molar-refractivity contribution < 1.29 is 32.8 Å². The molecule has 106 valence electrons. The van der Waals surface area contributed by atoms with Crippen LogP contribution in [0.25, 0.3) is 0 Å². The molecule has 1 heterocycles. The third-order valence-electron chi connectivity index (χ3n) is 3.32. The van der Waals surface area contributed by atoms with Crippen LogP contribution in [0.3, 0.4) is 0 Å². The van der Waals surface area contributed by atoms with Crippen LogP contribution in [0.5, 0.6) is 0 Å². The van der Waals surface area contributed by atoms with E-state index in [-0.39, 0.29) is 18.5 Å². The van der Waals surface area contributed by atoms with E-state index in [2.05, 4.69) is 38.1 Å². The average Bonchev–Trinajstić information content (AvgIpc) is 2.46. The van der Waals surface area contributed by atoms with Gasteiger partial charge in [-0.3, -0.25) is 0 Å². The molecule has 1 unspecified atom stereocenters. The van der Waals surface area contributed by atoms with E-state index in [1.807, 2.05) is 18.2 Å². The van der Waals surface area contributed by atoms with Gasteiger partial charge in [0.1, 0.15) is 0 Å². The van der Waals surface area contributed by atoms with Crippen molar-refractivity contribution >= 4 is 8.25 Å². The quantitative estimate of drug-likeness (QED) is 0.448. The Balaban J connectivity index is 2.08. The summed E-state index contributed by atoms with van der Waals surface area (Å²) in [7, 11) is 6.09. The van der Waals surface area contributed by atoms with Gasteiger partial charge in [0.15, 0.2) is 0 Å². The van der Waals surface area contributed by atoms with E-state index in [0.717, 1.165) is 15.9 Å². The Bertz CT molecular complexity index is 422. The summed E-state index contributed by atoms with van der Waals surface area (Å²) >= 11 is -1.20. The van der Waals surface area contributed by atoms with E-state index in [0.29, 0.717) is 5.92 Å². The normalized spacial score (nSPS) is 26.9. The molecule has 1 aliphatic rings. The van der Waals surface area contributed by atoms with Crippen LogP contribution in [0.1, 0.15) is 32.1 Å². The Kier molecular flexibility index (Phi) is 7.02. The molecule has 4 heteroatoms. The summed E-state index contributed by atoms with van der Waals surface area (Å²) in [5.74, 6) is 0.545. The minimum absolute atomic E-state index is 0.137. The molecule has 0 saturated carbocycles. The van der Waals surface area contributed by atoms with E-state index in [1.165, 1.54) is 0 Å². The van der Waals surface area contributed by atoms with Crippen molar-refractivity contribution in [2.45, 2.75) is 42.7 Å². The molecule has 1 aromatic rings. The SMILES string of the molecule is CC(C)/C=C/[C@H]1C[C@@H]([CH2][Hg][Cl])OC(c2ccccc2)O1. The Hall–Kier alpha value is 0.105. The van der Waals surface area contributed by atoms with Crippen molar-refractivity contribution in [3.05, 3.63) is 48.0 Å². The summed E-state index contributed by atoms with van der Waals surface area (Å²) in [5.41, 5.74) is 1.09. The van der Waals surface area contributed by atoms with Crippen molar-refractivity contribution in [1.29, 1.82) is 0 Å². The van der Waals surface area contributed by atoms with Crippen LogP contribution in [-0.4, -0.2) is 12.2 Å². The van der Waals surface area contributed by atoms with Gasteiger partial charge < -0.3 is 0 Å². The molecule has 20 heavy (non-hydrogen) atoms. The molecule has 0 aliphatic carbocycles. The van der Waals surface area contributed by atoms with Gasteiger partial charge in [-0.25, -0.2) is 0 Å². The van der Waals surface area contributed by atoms with E-state index in [9.17, 15) is 0 Å². The van der Waals surface area contributed by atoms with Crippen LogP contribution in [-0.2, 0) is 32.8 Å². The zero-order chi connectivity index (χ0) is 14.4. The van der Waals surface area contributed by atoms with Crippen molar-refractivity contribution in [2.24, 2.45) is 5.92 Å². The van der Waals surface area contributed by atoms with Gasteiger partial charge in [0, 0.05) is 0 Å². The van der Waals surface area contributed by atoms with Gasteiger partial charge >= 0.3 is 138 Å². The molecule has 1 aromatic carbocycles. The number of benzene rings is 1. The topological polar surface area (TPSA) is 18.5 Å². The second kappa shape index (κ2) is 8.52. The van der Waals surface area contributed by atoms with Crippen LogP contribution < -0.4 is 0 Å². The molecular formula is C16H21ClHgO2. The summed E-state index contributed by atoms with van der Waals surface area (Å²) in [6.45, 7) is 4.36. The fraction of sp³-hybridized carbons (Fsp3) is 0.500. The van der Waals surface area contributed by atoms with Crippen molar-refractivity contribution in [3.8, 4) is 0 Å². The molecule has 3 atom stereocenters. The Morgan fingerprint density at radius 1 is 1.30 bits per heavy atom. The predicted molar refractivity (Wildman–Crippen MR) is 78.2 cm³/mol. The van der Waals surface area contributed by atoms with E-state index in [1.54, 1.807) is 0 Å². The third-order valence-corrected chi connectivity index (χ3v) is 8.59. The molecule has 2 nitrogen and oxygen atoms in total. The van der Waals surface area contributed by atoms with Crippen LogP contribution in [0.4, 0.5) is 0 Å². The summed E-state index contributed by atoms with van der Waals surface area (Å²) in [6, 6.07) is 10.2. The number of hydrogen-bond acceptors (Lipinski definition) is 2.